The van der Waals surface area contributed by atoms with Crippen LogP contribution in [0.2, 0.25) is 0 Å². The summed E-state index contributed by atoms with van der Waals surface area (Å²) in [4.78, 5) is 21.6. The topological polar surface area (TPSA) is 37.4 Å². The Balaban J connectivity index is 3.88. The van der Waals surface area contributed by atoms with Crippen LogP contribution in [0.1, 0.15) is 0 Å². The van der Waals surface area contributed by atoms with Gasteiger partial charge >= 0.3 is 5.37 Å². The summed E-state index contributed by atoms with van der Waals surface area (Å²) in [7, 11) is 1.32. The molecule has 2 amide bonds. The summed E-state index contributed by atoms with van der Waals surface area (Å²) in [5.41, 5.74) is 0. The van der Waals surface area contributed by atoms with Gasteiger partial charge in [0.2, 0.25) is 5.91 Å². The van der Waals surface area contributed by atoms with E-state index in [0.29, 0.717) is 0 Å². The lowest BCUT2D eigenvalue weighted by molar-refractivity contribution is -0.124. The summed E-state index contributed by atoms with van der Waals surface area (Å²) in [5, 5.41) is -0.651. The Labute approximate surface area is 66.1 Å². The van der Waals surface area contributed by atoms with E-state index < -0.39 is 5.37 Å². The second-order valence-corrected chi connectivity index (χ2v) is 2.22. The van der Waals surface area contributed by atoms with Crippen molar-refractivity contribution in [3.05, 3.63) is 0 Å². The van der Waals surface area contributed by atoms with Crippen molar-refractivity contribution in [2.24, 2.45) is 0 Å². The van der Waals surface area contributed by atoms with Crippen LogP contribution in [0.3, 0.4) is 0 Å². The van der Waals surface area contributed by atoms with Gasteiger partial charge in [-0.1, -0.05) is 15.9 Å². The minimum Gasteiger partial charge on any atom is -0.273 e. The van der Waals surface area contributed by atoms with Gasteiger partial charge in [-0.2, -0.15) is 0 Å². The maximum Gasteiger partial charge on any atom is 0.322 e. The molecule has 52 valence electrons. The van der Waals surface area contributed by atoms with Crippen molar-refractivity contribution in [3.8, 4) is 0 Å². The molecule has 0 aromatic rings. The highest BCUT2D eigenvalue weighted by Crippen LogP contribution is 1.94. The van der Waals surface area contributed by atoms with Crippen LogP contribution in [0.5, 0.6) is 0 Å². The van der Waals surface area contributed by atoms with Crippen LogP contribution >= 0.6 is 27.5 Å². The monoisotopic (exact) mass is 213 g/mol. The van der Waals surface area contributed by atoms with Gasteiger partial charge in [0.05, 0.1) is 5.33 Å². The van der Waals surface area contributed by atoms with Crippen molar-refractivity contribution in [2.45, 2.75) is 0 Å². The Morgan fingerprint density at radius 2 is 2.11 bits per heavy atom. The first-order valence-corrected chi connectivity index (χ1v) is 3.61. The normalized spacial score (nSPS) is 8.78. The second kappa shape index (κ2) is 3.85. The van der Waals surface area contributed by atoms with Gasteiger partial charge in [-0.3, -0.25) is 14.5 Å². The van der Waals surface area contributed by atoms with Crippen molar-refractivity contribution in [3.63, 3.8) is 0 Å². The van der Waals surface area contributed by atoms with Gasteiger partial charge < -0.3 is 0 Å². The van der Waals surface area contributed by atoms with Crippen LogP contribution in [0.15, 0.2) is 0 Å². The molecular formula is C4H5BrClNO2. The van der Waals surface area contributed by atoms with E-state index in [9.17, 15) is 9.59 Å². The van der Waals surface area contributed by atoms with Crippen LogP contribution < -0.4 is 0 Å². The smallest absolute Gasteiger partial charge is 0.273 e. The molecule has 0 aromatic heterocycles. The maximum absolute atomic E-state index is 10.5. The molecule has 5 heteroatoms. The Kier molecular flexibility index (Phi) is 3.81. The molecule has 0 fully saturated rings. The molecule has 0 aromatic carbocycles. The molecule has 0 N–H and O–H groups in total. The van der Waals surface area contributed by atoms with Gasteiger partial charge in [0.1, 0.15) is 0 Å². The summed E-state index contributed by atoms with van der Waals surface area (Å²) in [6.45, 7) is 0. The minimum absolute atomic E-state index is 0.113. The summed E-state index contributed by atoms with van der Waals surface area (Å²) in [6.07, 6.45) is 0. The third-order valence-corrected chi connectivity index (χ3v) is 1.49. The van der Waals surface area contributed by atoms with Crippen molar-refractivity contribution in [2.75, 3.05) is 12.4 Å². The summed E-state index contributed by atoms with van der Waals surface area (Å²) in [6, 6.07) is 0. The van der Waals surface area contributed by atoms with Crippen molar-refractivity contribution < 1.29 is 9.59 Å². The van der Waals surface area contributed by atoms with Crippen molar-refractivity contribution in [1.82, 2.24) is 4.90 Å². The molecule has 0 saturated carbocycles. The molecule has 0 atom stereocenters. The number of rotatable bonds is 1. The molecule has 0 aliphatic carbocycles. The van der Waals surface area contributed by atoms with Crippen LogP contribution in [0.25, 0.3) is 0 Å². The van der Waals surface area contributed by atoms with E-state index in [0.717, 1.165) is 4.90 Å². The second-order valence-electron chi connectivity index (χ2n) is 1.34. The molecule has 0 saturated heterocycles. The third-order valence-electron chi connectivity index (χ3n) is 0.752. The zero-order valence-electron chi connectivity index (χ0n) is 4.73. The van der Waals surface area contributed by atoms with Crippen LogP contribution in [0, 0.1) is 0 Å². The molecule has 0 spiro atoms. The van der Waals surface area contributed by atoms with E-state index in [2.05, 4.69) is 15.9 Å². The molecule has 0 unspecified atom stereocenters. The average molecular weight is 214 g/mol. The SMILES string of the molecule is CN(C(=O)Cl)C(=O)CBr. The molecule has 0 aliphatic rings. The van der Waals surface area contributed by atoms with Gasteiger partial charge in [0.15, 0.2) is 0 Å². The van der Waals surface area contributed by atoms with E-state index in [4.69, 9.17) is 11.6 Å². The van der Waals surface area contributed by atoms with Gasteiger partial charge in [0, 0.05) is 7.05 Å². The number of carbonyl (C=O) groups excluding carboxylic acids is 2. The zero-order valence-corrected chi connectivity index (χ0v) is 7.07. The number of nitrogens with zero attached hydrogens (tertiary/aromatic N) is 1. The van der Waals surface area contributed by atoms with Gasteiger partial charge in [-0.05, 0) is 11.6 Å². The average Bonchev–Trinajstić information content (AvgIpc) is 1.84. The maximum atomic E-state index is 10.5. The minimum atomic E-state index is -0.764. The number of alkyl halides is 1. The van der Waals surface area contributed by atoms with Crippen LogP contribution in [-0.2, 0) is 4.79 Å². The molecule has 0 heterocycles. The fourth-order valence-electron chi connectivity index (χ4n) is 0.188. The zero-order chi connectivity index (χ0) is 7.44. The predicted octanol–water partition coefficient (Wildman–Crippen LogP) is 1.20. The lowest BCUT2D eigenvalue weighted by atomic mass is 10.6. The number of imide groups is 1. The summed E-state index contributed by atoms with van der Waals surface area (Å²) >= 11 is 7.83. The molecule has 0 bridgehead atoms. The number of amides is 2. The van der Waals surface area contributed by atoms with Crippen molar-refractivity contribution in [1.29, 1.82) is 0 Å². The highest BCUT2D eigenvalue weighted by Gasteiger charge is 2.11. The highest BCUT2D eigenvalue weighted by atomic mass is 79.9. The number of hydrogen-bond donors (Lipinski definition) is 0. The van der Waals surface area contributed by atoms with E-state index in [1.54, 1.807) is 0 Å². The van der Waals surface area contributed by atoms with Gasteiger partial charge in [0.25, 0.3) is 0 Å². The largest absolute Gasteiger partial charge is 0.322 e. The molecule has 0 aliphatic heterocycles. The fraction of sp³-hybridized carbons (Fsp3) is 0.500. The Bertz CT molecular complexity index is 139. The lowest BCUT2D eigenvalue weighted by Gasteiger charge is -2.07. The molecule has 3 nitrogen and oxygen atoms in total. The third kappa shape index (κ3) is 2.81. The lowest BCUT2D eigenvalue weighted by Crippen LogP contribution is -2.29. The van der Waals surface area contributed by atoms with Gasteiger partial charge in [-0.15, -0.1) is 0 Å². The van der Waals surface area contributed by atoms with E-state index >= 15 is 0 Å². The first-order chi connectivity index (χ1) is 4.09. The standard InChI is InChI=1S/C4H5BrClNO2/c1-7(4(6)9)3(8)2-5/h2H2,1H3. The van der Waals surface area contributed by atoms with Crippen LogP contribution in [0.4, 0.5) is 4.79 Å². The molecule has 9 heavy (non-hydrogen) atoms. The first kappa shape index (κ1) is 8.91. The number of carbonyl (C=O) groups is 2. The van der Waals surface area contributed by atoms with Crippen molar-refractivity contribution >= 4 is 38.8 Å². The molecule has 0 radical (unpaired) electrons. The van der Waals surface area contributed by atoms with E-state index in [1.165, 1.54) is 7.05 Å². The van der Waals surface area contributed by atoms with Gasteiger partial charge in [-0.25, -0.2) is 0 Å². The first-order valence-electron chi connectivity index (χ1n) is 2.11. The quantitative estimate of drug-likeness (QED) is 0.374. The molecule has 0 rings (SSSR count). The highest BCUT2D eigenvalue weighted by molar-refractivity contribution is 9.09. The fourth-order valence-corrected chi connectivity index (χ4v) is 0.658. The Morgan fingerprint density at radius 3 is 2.22 bits per heavy atom. The van der Waals surface area contributed by atoms with Crippen LogP contribution in [-0.4, -0.2) is 28.6 Å². The predicted molar refractivity (Wildman–Crippen MR) is 37.8 cm³/mol. The Morgan fingerprint density at radius 1 is 1.67 bits per heavy atom. The summed E-state index contributed by atoms with van der Waals surface area (Å²) < 4.78 is 0. The van der Waals surface area contributed by atoms with E-state index in [-0.39, 0.29) is 11.2 Å². The van der Waals surface area contributed by atoms with E-state index in [1.807, 2.05) is 0 Å². The molecular weight excluding hydrogens is 209 g/mol. The Hall–Kier alpha value is -0.0900. The summed E-state index contributed by atoms with van der Waals surface area (Å²) in [5.74, 6) is -0.352. The number of halogens is 2. The number of hydrogen-bond acceptors (Lipinski definition) is 2.